The van der Waals surface area contributed by atoms with E-state index in [0.29, 0.717) is 26.2 Å². The lowest BCUT2D eigenvalue weighted by Crippen LogP contribution is -2.49. The topological polar surface area (TPSA) is 57.7 Å². The fourth-order valence-electron chi connectivity index (χ4n) is 2.92. The number of carbonyl (C=O) groups is 1. The first-order valence-corrected chi connectivity index (χ1v) is 8.67. The van der Waals surface area contributed by atoms with Crippen LogP contribution >= 0.6 is 0 Å². The summed E-state index contributed by atoms with van der Waals surface area (Å²) < 4.78 is 28.3. The predicted octanol–water partition coefficient (Wildman–Crippen LogP) is 1.41. The molecule has 110 valence electrons. The third-order valence-corrected chi connectivity index (χ3v) is 6.18. The van der Waals surface area contributed by atoms with E-state index in [-0.39, 0.29) is 11.7 Å². The van der Waals surface area contributed by atoms with E-state index >= 15 is 0 Å². The molecule has 2 aliphatic rings. The first kappa shape index (κ1) is 14.9. The number of Topliss-reactive ketones (excluding diaryl/α,β-unsaturated/α-hetero) is 1. The van der Waals surface area contributed by atoms with Crippen molar-refractivity contribution in [1.29, 1.82) is 0 Å². The fraction of sp³-hybridized carbons (Fsp3) is 0.923. The Kier molecular flexibility index (Phi) is 4.97. The normalized spacial score (nSPS) is 27.9. The number of hydrogen-bond donors (Lipinski definition) is 0. The summed E-state index contributed by atoms with van der Waals surface area (Å²) in [6.07, 6.45) is 5.73. The number of nitrogens with zero attached hydrogens (tertiary/aromatic N) is 2. The number of hydrogen-bond acceptors (Lipinski definition) is 3. The summed E-state index contributed by atoms with van der Waals surface area (Å²) in [6.45, 7) is 3.75. The minimum atomic E-state index is -3.36. The Labute approximate surface area is 116 Å². The van der Waals surface area contributed by atoms with Crippen LogP contribution in [-0.4, -0.2) is 49.0 Å². The van der Waals surface area contributed by atoms with Crippen molar-refractivity contribution in [3.8, 4) is 0 Å². The van der Waals surface area contributed by atoms with Crippen LogP contribution < -0.4 is 0 Å². The lowest BCUT2D eigenvalue weighted by atomic mass is 9.96. The summed E-state index contributed by atoms with van der Waals surface area (Å²) >= 11 is 0. The summed E-state index contributed by atoms with van der Waals surface area (Å²) in [6, 6.07) is 0. The second-order valence-electron chi connectivity index (χ2n) is 5.63. The highest BCUT2D eigenvalue weighted by atomic mass is 32.2. The quantitative estimate of drug-likeness (QED) is 0.789. The minimum absolute atomic E-state index is 0.107. The zero-order chi connectivity index (χ0) is 13.9. The van der Waals surface area contributed by atoms with Gasteiger partial charge in [0.15, 0.2) is 0 Å². The van der Waals surface area contributed by atoms with Gasteiger partial charge >= 0.3 is 0 Å². The average molecular weight is 288 g/mol. The maximum Gasteiger partial charge on any atom is 0.281 e. The van der Waals surface area contributed by atoms with E-state index in [2.05, 4.69) is 0 Å². The molecule has 0 amide bonds. The van der Waals surface area contributed by atoms with Crippen molar-refractivity contribution >= 4 is 16.0 Å². The van der Waals surface area contributed by atoms with Gasteiger partial charge in [0, 0.05) is 32.1 Å². The van der Waals surface area contributed by atoms with Crippen LogP contribution in [0.5, 0.6) is 0 Å². The minimum Gasteiger partial charge on any atom is -0.300 e. The predicted molar refractivity (Wildman–Crippen MR) is 73.9 cm³/mol. The molecular weight excluding hydrogens is 264 g/mol. The maximum absolute atomic E-state index is 12.6. The highest BCUT2D eigenvalue weighted by molar-refractivity contribution is 7.86. The van der Waals surface area contributed by atoms with Gasteiger partial charge < -0.3 is 0 Å². The Morgan fingerprint density at radius 3 is 2.11 bits per heavy atom. The van der Waals surface area contributed by atoms with Gasteiger partial charge in [-0.05, 0) is 32.6 Å². The molecule has 2 aliphatic heterocycles. The van der Waals surface area contributed by atoms with Crippen molar-refractivity contribution in [2.24, 2.45) is 5.92 Å². The third-order valence-electron chi connectivity index (χ3n) is 4.18. The summed E-state index contributed by atoms with van der Waals surface area (Å²) in [7, 11) is -3.36. The van der Waals surface area contributed by atoms with Crippen molar-refractivity contribution in [1.82, 2.24) is 8.61 Å². The first-order valence-electron chi connectivity index (χ1n) is 7.27. The van der Waals surface area contributed by atoms with Gasteiger partial charge in [-0.25, -0.2) is 0 Å². The van der Waals surface area contributed by atoms with Crippen LogP contribution in [0.25, 0.3) is 0 Å². The molecule has 1 atom stereocenters. The van der Waals surface area contributed by atoms with Crippen LogP contribution in [0.1, 0.15) is 45.4 Å². The van der Waals surface area contributed by atoms with Gasteiger partial charge in [0.05, 0.1) is 0 Å². The number of carbonyl (C=O) groups excluding carboxylic acids is 1. The van der Waals surface area contributed by atoms with E-state index < -0.39 is 10.2 Å². The van der Waals surface area contributed by atoms with Crippen LogP contribution in [0.3, 0.4) is 0 Å². The third kappa shape index (κ3) is 3.55. The van der Waals surface area contributed by atoms with E-state index in [4.69, 9.17) is 0 Å². The Bertz CT molecular complexity index is 414. The van der Waals surface area contributed by atoms with Crippen LogP contribution in [0, 0.1) is 5.92 Å². The summed E-state index contributed by atoms with van der Waals surface area (Å²) in [5.41, 5.74) is 0. The molecule has 0 aromatic carbocycles. The SMILES string of the molecule is CC(=O)C1CCCN(S(=O)(=O)N2CCCCCC2)C1. The number of piperidine rings is 1. The molecule has 2 fully saturated rings. The second-order valence-corrected chi connectivity index (χ2v) is 7.56. The number of ketones is 1. The van der Waals surface area contributed by atoms with Gasteiger partial charge in [-0.15, -0.1) is 0 Å². The van der Waals surface area contributed by atoms with E-state index in [1.165, 1.54) is 4.31 Å². The molecule has 2 heterocycles. The van der Waals surface area contributed by atoms with Crippen molar-refractivity contribution in [2.45, 2.75) is 45.4 Å². The maximum atomic E-state index is 12.6. The Balaban J connectivity index is 2.07. The smallest absolute Gasteiger partial charge is 0.281 e. The zero-order valence-corrected chi connectivity index (χ0v) is 12.5. The van der Waals surface area contributed by atoms with Crippen LogP contribution in [0.2, 0.25) is 0 Å². The lowest BCUT2D eigenvalue weighted by molar-refractivity contribution is -0.121. The fourth-order valence-corrected chi connectivity index (χ4v) is 4.69. The first-order chi connectivity index (χ1) is 9.01. The van der Waals surface area contributed by atoms with Crippen molar-refractivity contribution < 1.29 is 13.2 Å². The molecule has 0 aromatic heterocycles. The van der Waals surface area contributed by atoms with Crippen LogP contribution in [-0.2, 0) is 15.0 Å². The van der Waals surface area contributed by atoms with Gasteiger partial charge in [0.2, 0.25) is 0 Å². The summed E-state index contributed by atoms with van der Waals surface area (Å²) in [4.78, 5) is 11.5. The summed E-state index contributed by atoms with van der Waals surface area (Å²) in [5.74, 6) is -0.00808. The van der Waals surface area contributed by atoms with Gasteiger partial charge in [-0.3, -0.25) is 4.79 Å². The highest BCUT2D eigenvalue weighted by Gasteiger charge is 2.34. The largest absolute Gasteiger partial charge is 0.300 e. The lowest BCUT2D eigenvalue weighted by Gasteiger charge is -2.34. The van der Waals surface area contributed by atoms with E-state index in [1.807, 2.05) is 0 Å². The Morgan fingerprint density at radius 1 is 0.947 bits per heavy atom. The van der Waals surface area contributed by atoms with Gasteiger partial charge in [-0.1, -0.05) is 12.8 Å². The molecule has 0 bridgehead atoms. The second kappa shape index (κ2) is 6.33. The molecule has 0 aromatic rings. The Morgan fingerprint density at radius 2 is 1.53 bits per heavy atom. The van der Waals surface area contributed by atoms with Crippen LogP contribution in [0.4, 0.5) is 0 Å². The summed E-state index contributed by atoms with van der Waals surface area (Å²) in [5, 5.41) is 0. The molecule has 2 saturated heterocycles. The van der Waals surface area contributed by atoms with Gasteiger partial charge in [-0.2, -0.15) is 17.0 Å². The average Bonchev–Trinajstić information content (AvgIpc) is 2.68. The molecule has 0 saturated carbocycles. The van der Waals surface area contributed by atoms with E-state index in [9.17, 15) is 13.2 Å². The van der Waals surface area contributed by atoms with Gasteiger partial charge in [0.25, 0.3) is 10.2 Å². The molecule has 6 heteroatoms. The molecule has 19 heavy (non-hydrogen) atoms. The molecule has 2 rings (SSSR count). The monoisotopic (exact) mass is 288 g/mol. The van der Waals surface area contributed by atoms with Crippen LogP contribution in [0.15, 0.2) is 0 Å². The highest BCUT2D eigenvalue weighted by Crippen LogP contribution is 2.23. The Hall–Kier alpha value is -0.460. The zero-order valence-electron chi connectivity index (χ0n) is 11.7. The van der Waals surface area contributed by atoms with E-state index in [0.717, 1.165) is 38.5 Å². The van der Waals surface area contributed by atoms with Gasteiger partial charge in [0.1, 0.15) is 5.78 Å². The molecule has 0 aliphatic carbocycles. The molecule has 0 N–H and O–H groups in total. The standard InChI is InChI=1S/C13H24N2O3S/c1-12(16)13-7-6-10-15(11-13)19(17,18)14-8-4-2-3-5-9-14/h13H,2-11H2,1H3. The molecule has 1 unspecified atom stereocenters. The van der Waals surface area contributed by atoms with Crippen molar-refractivity contribution in [2.75, 3.05) is 26.2 Å². The molecule has 0 spiro atoms. The molecular formula is C13H24N2O3S. The van der Waals surface area contributed by atoms with Crippen molar-refractivity contribution in [3.63, 3.8) is 0 Å². The van der Waals surface area contributed by atoms with Crippen molar-refractivity contribution in [3.05, 3.63) is 0 Å². The van der Waals surface area contributed by atoms with E-state index in [1.54, 1.807) is 11.2 Å². The molecule has 0 radical (unpaired) electrons. The number of rotatable bonds is 3. The molecule has 5 nitrogen and oxygen atoms in total.